The zero-order chi connectivity index (χ0) is 26.9. The van der Waals surface area contributed by atoms with Crippen LogP contribution in [0, 0.1) is 10.7 Å². The molecular weight excluding hydrogens is 850 g/mol. The Balaban J connectivity index is 2.21. The molecule has 2 N–H and O–H groups in total. The molecule has 0 aliphatic carbocycles. The van der Waals surface area contributed by atoms with Crippen LogP contribution in [0.25, 0.3) is 0 Å². The standard InChI is InChI=1S/C18H9F5I3NO7S/c19-17(20,21)16(18(22,23)35(31,32)33)34-15(30)8-3-1-7(2-4-8)13(28)27-14(29)10-5-9(24)6-11(25)12(10)26/h1-6,16H,(H,27,28,29)(H,31,32,33). The van der Waals surface area contributed by atoms with E-state index < -0.39 is 51.0 Å². The third kappa shape index (κ3) is 7.19. The Labute approximate surface area is 234 Å². The number of alkyl halides is 5. The first-order chi connectivity index (χ1) is 15.9. The lowest BCUT2D eigenvalue weighted by Crippen LogP contribution is -2.52. The van der Waals surface area contributed by atoms with Crippen molar-refractivity contribution in [2.75, 3.05) is 0 Å². The molecule has 0 aliphatic rings. The largest absolute Gasteiger partial charge is 0.441 e. The molecule has 0 fully saturated rings. The van der Waals surface area contributed by atoms with Crippen LogP contribution in [0.15, 0.2) is 36.4 Å². The van der Waals surface area contributed by atoms with Gasteiger partial charge in [0.05, 0.1) is 11.1 Å². The number of benzene rings is 2. The van der Waals surface area contributed by atoms with Gasteiger partial charge in [-0.05, 0) is 104 Å². The number of amides is 2. The van der Waals surface area contributed by atoms with Crippen LogP contribution in [0.3, 0.4) is 0 Å². The average Bonchev–Trinajstić information content (AvgIpc) is 2.72. The molecule has 8 nitrogen and oxygen atoms in total. The summed E-state index contributed by atoms with van der Waals surface area (Å²) in [4.78, 5) is 36.7. The van der Waals surface area contributed by atoms with Gasteiger partial charge in [0.25, 0.3) is 17.9 Å². The summed E-state index contributed by atoms with van der Waals surface area (Å²) in [6, 6.07) is 6.59. The van der Waals surface area contributed by atoms with E-state index in [9.17, 15) is 44.8 Å². The molecule has 2 aromatic rings. The Bertz CT molecular complexity index is 1280. The number of hydrogen-bond donors (Lipinski definition) is 2. The molecule has 17 heteroatoms. The Morgan fingerprint density at radius 3 is 1.91 bits per heavy atom. The van der Waals surface area contributed by atoms with E-state index >= 15 is 0 Å². The molecule has 0 aliphatic heterocycles. The number of halogens is 8. The van der Waals surface area contributed by atoms with Crippen LogP contribution in [0.4, 0.5) is 22.0 Å². The van der Waals surface area contributed by atoms with E-state index in [1.165, 1.54) is 6.07 Å². The number of imide groups is 1. The number of ether oxygens (including phenoxy) is 1. The summed E-state index contributed by atoms with van der Waals surface area (Å²) >= 11 is 5.89. The zero-order valence-corrected chi connectivity index (χ0v) is 23.7. The number of rotatable bonds is 6. The number of esters is 1. The lowest BCUT2D eigenvalue weighted by atomic mass is 10.1. The molecule has 2 rings (SSSR count). The zero-order valence-electron chi connectivity index (χ0n) is 16.4. The van der Waals surface area contributed by atoms with Gasteiger partial charge in [-0.1, -0.05) is 0 Å². The van der Waals surface area contributed by atoms with Crippen molar-refractivity contribution in [3.05, 3.63) is 63.8 Å². The van der Waals surface area contributed by atoms with Crippen LogP contribution in [0.1, 0.15) is 31.1 Å². The van der Waals surface area contributed by atoms with Gasteiger partial charge in [0, 0.05) is 16.3 Å². The van der Waals surface area contributed by atoms with Gasteiger partial charge < -0.3 is 4.74 Å². The van der Waals surface area contributed by atoms with Gasteiger partial charge in [-0.25, -0.2) is 4.79 Å². The summed E-state index contributed by atoms with van der Waals surface area (Å²) in [6.45, 7) is 0. The first-order valence-corrected chi connectivity index (χ1v) is 13.3. The van der Waals surface area contributed by atoms with Crippen LogP contribution in [-0.2, 0) is 14.9 Å². The molecule has 0 aromatic heterocycles. The van der Waals surface area contributed by atoms with E-state index in [-0.39, 0.29) is 11.1 Å². The maximum Gasteiger partial charge on any atom is 0.432 e. The van der Waals surface area contributed by atoms with Crippen molar-refractivity contribution < 1.29 is 54.0 Å². The van der Waals surface area contributed by atoms with Gasteiger partial charge in [0.1, 0.15) is 0 Å². The Hall–Kier alpha value is -1.20. The minimum absolute atomic E-state index is 0.202. The fourth-order valence-electron chi connectivity index (χ4n) is 2.36. The molecule has 0 bridgehead atoms. The van der Waals surface area contributed by atoms with Crippen molar-refractivity contribution in [1.29, 1.82) is 0 Å². The predicted molar refractivity (Wildman–Crippen MR) is 135 cm³/mol. The second-order valence-electron chi connectivity index (χ2n) is 6.47. The summed E-state index contributed by atoms with van der Waals surface area (Å²) in [5.41, 5.74) is -0.774. The van der Waals surface area contributed by atoms with Gasteiger partial charge in [0.15, 0.2) is 0 Å². The van der Waals surface area contributed by atoms with E-state index in [0.29, 0.717) is 3.57 Å². The minimum Gasteiger partial charge on any atom is -0.441 e. The Morgan fingerprint density at radius 2 is 1.43 bits per heavy atom. The van der Waals surface area contributed by atoms with Crippen molar-refractivity contribution in [2.45, 2.75) is 17.5 Å². The van der Waals surface area contributed by atoms with Gasteiger partial charge in [-0.3, -0.25) is 19.5 Å². The third-order valence-corrected chi connectivity index (χ3v) is 8.59. The molecule has 1 atom stereocenters. The van der Waals surface area contributed by atoms with Crippen molar-refractivity contribution >= 4 is 95.7 Å². The van der Waals surface area contributed by atoms with E-state index in [1.54, 1.807) is 6.07 Å². The van der Waals surface area contributed by atoms with Gasteiger partial charge in [-0.2, -0.15) is 30.4 Å². The highest BCUT2D eigenvalue weighted by Gasteiger charge is 2.66. The van der Waals surface area contributed by atoms with Gasteiger partial charge >= 0.3 is 27.5 Å². The molecule has 0 saturated heterocycles. The van der Waals surface area contributed by atoms with E-state index in [1.807, 2.05) is 67.8 Å². The molecule has 0 saturated carbocycles. The molecular formula is C18H9F5I3NO7S. The van der Waals surface area contributed by atoms with E-state index in [2.05, 4.69) is 10.1 Å². The highest BCUT2D eigenvalue weighted by atomic mass is 127. The van der Waals surface area contributed by atoms with Gasteiger partial charge in [0.2, 0.25) is 0 Å². The first kappa shape index (κ1) is 30.0. The number of hydrogen-bond acceptors (Lipinski definition) is 6. The highest BCUT2D eigenvalue weighted by Crippen LogP contribution is 2.38. The van der Waals surface area contributed by atoms with Crippen molar-refractivity contribution in [3.63, 3.8) is 0 Å². The molecule has 0 radical (unpaired) electrons. The van der Waals surface area contributed by atoms with Crippen LogP contribution < -0.4 is 5.32 Å². The monoisotopic (exact) mass is 859 g/mol. The van der Waals surface area contributed by atoms with Crippen molar-refractivity contribution in [2.24, 2.45) is 0 Å². The molecule has 0 spiro atoms. The number of carbonyl (C=O) groups excluding carboxylic acids is 3. The highest BCUT2D eigenvalue weighted by molar-refractivity contribution is 14.1. The van der Waals surface area contributed by atoms with Gasteiger partial charge in [-0.15, -0.1) is 0 Å². The lowest BCUT2D eigenvalue weighted by molar-refractivity contribution is -0.248. The quantitative estimate of drug-likeness (QED) is 0.108. The third-order valence-electron chi connectivity index (χ3n) is 4.02. The van der Waals surface area contributed by atoms with Crippen LogP contribution in [0.2, 0.25) is 0 Å². The summed E-state index contributed by atoms with van der Waals surface area (Å²) in [7, 11) is -6.59. The Kier molecular flexibility index (Phi) is 9.48. The van der Waals surface area contributed by atoms with Crippen LogP contribution >= 0.6 is 67.8 Å². The SMILES string of the molecule is O=C(NC(=O)c1cc(I)cc(I)c1I)c1ccc(C(=O)OC(C(F)(F)F)C(F)(F)S(=O)(=O)O)cc1. The Morgan fingerprint density at radius 1 is 0.914 bits per heavy atom. The summed E-state index contributed by atoms with van der Waals surface area (Å²) in [5.74, 6) is -3.70. The van der Waals surface area contributed by atoms with E-state index in [0.717, 1.165) is 31.4 Å². The molecule has 2 amide bonds. The molecule has 35 heavy (non-hydrogen) atoms. The topological polar surface area (TPSA) is 127 Å². The maximum atomic E-state index is 13.6. The number of carbonyl (C=O) groups is 3. The predicted octanol–water partition coefficient (Wildman–Crippen LogP) is 4.64. The van der Waals surface area contributed by atoms with E-state index in [4.69, 9.17) is 4.55 Å². The normalized spacial score (nSPS) is 13.2. The fourth-order valence-corrected chi connectivity index (χ4v) is 5.21. The average molecular weight is 859 g/mol. The lowest BCUT2D eigenvalue weighted by Gasteiger charge is -2.26. The second-order valence-corrected chi connectivity index (χ2v) is 11.5. The smallest absolute Gasteiger partial charge is 0.432 e. The van der Waals surface area contributed by atoms with Crippen LogP contribution in [-0.4, -0.2) is 48.3 Å². The molecule has 2 aromatic carbocycles. The fraction of sp³-hybridized carbons (Fsp3) is 0.167. The maximum absolute atomic E-state index is 13.6. The summed E-state index contributed by atoms with van der Waals surface area (Å²) < 4.78 is 101. The van der Waals surface area contributed by atoms with Crippen molar-refractivity contribution in [3.8, 4) is 0 Å². The van der Waals surface area contributed by atoms with Crippen molar-refractivity contribution in [1.82, 2.24) is 5.32 Å². The molecule has 190 valence electrons. The summed E-state index contributed by atoms with van der Waals surface area (Å²) in [6.07, 6.45) is -10.6. The minimum atomic E-state index is -6.59. The first-order valence-electron chi connectivity index (χ1n) is 8.59. The number of nitrogens with one attached hydrogen (secondary N) is 1. The molecule has 1 unspecified atom stereocenters. The molecule has 0 heterocycles. The second kappa shape index (κ2) is 11.0. The summed E-state index contributed by atoms with van der Waals surface area (Å²) in [5, 5.41) is -3.79. The van der Waals surface area contributed by atoms with Crippen LogP contribution in [0.5, 0.6) is 0 Å².